The quantitative estimate of drug-likeness (QED) is 0.809. The van der Waals surface area contributed by atoms with E-state index in [-0.39, 0.29) is 5.56 Å². The van der Waals surface area contributed by atoms with E-state index in [1.165, 1.54) is 18.2 Å². The molecular formula is C15H11F5N2O. The summed E-state index contributed by atoms with van der Waals surface area (Å²) in [5.41, 5.74) is -1.43. The molecule has 23 heavy (non-hydrogen) atoms. The fourth-order valence-electron chi connectivity index (χ4n) is 1.89. The Morgan fingerprint density at radius 2 is 1.74 bits per heavy atom. The van der Waals surface area contributed by atoms with Crippen LogP contribution < -0.4 is 10.6 Å². The van der Waals surface area contributed by atoms with Gasteiger partial charge in [-0.25, -0.2) is 13.6 Å². The van der Waals surface area contributed by atoms with E-state index in [0.717, 1.165) is 24.3 Å². The molecule has 122 valence electrons. The van der Waals surface area contributed by atoms with E-state index >= 15 is 0 Å². The highest BCUT2D eigenvalue weighted by molar-refractivity contribution is 5.89. The fraction of sp³-hybridized carbons (Fsp3) is 0.133. The summed E-state index contributed by atoms with van der Waals surface area (Å²) in [7, 11) is 0. The second kappa shape index (κ2) is 6.64. The molecule has 0 bridgehead atoms. The van der Waals surface area contributed by atoms with Crippen LogP contribution in [0.2, 0.25) is 0 Å². The first kappa shape index (κ1) is 16.7. The van der Waals surface area contributed by atoms with Crippen LogP contribution in [0.15, 0.2) is 42.5 Å². The van der Waals surface area contributed by atoms with Gasteiger partial charge in [0.1, 0.15) is 11.6 Å². The lowest BCUT2D eigenvalue weighted by atomic mass is 10.1. The summed E-state index contributed by atoms with van der Waals surface area (Å²) < 4.78 is 64.7. The van der Waals surface area contributed by atoms with Gasteiger partial charge in [0.05, 0.1) is 11.3 Å². The zero-order valence-electron chi connectivity index (χ0n) is 11.5. The third-order valence-electron chi connectivity index (χ3n) is 2.94. The highest BCUT2D eigenvalue weighted by Gasteiger charge is 2.32. The monoisotopic (exact) mass is 330 g/mol. The average molecular weight is 330 g/mol. The van der Waals surface area contributed by atoms with Crippen molar-refractivity contribution in [2.75, 3.05) is 5.32 Å². The Hall–Kier alpha value is -2.64. The molecule has 0 atom stereocenters. The summed E-state index contributed by atoms with van der Waals surface area (Å²) in [5, 5.41) is 4.20. The van der Waals surface area contributed by atoms with Crippen molar-refractivity contribution >= 4 is 11.7 Å². The minimum absolute atomic E-state index is 0.144. The van der Waals surface area contributed by atoms with Crippen molar-refractivity contribution in [3.63, 3.8) is 0 Å². The molecule has 2 aromatic carbocycles. The maximum atomic E-state index is 13.4. The molecule has 2 N–H and O–H groups in total. The van der Waals surface area contributed by atoms with E-state index < -0.39 is 41.6 Å². The van der Waals surface area contributed by atoms with Crippen molar-refractivity contribution < 1.29 is 26.7 Å². The van der Waals surface area contributed by atoms with E-state index in [2.05, 4.69) is 5.32 Å². The fourth-order valence-corrected chi connectivity index (χ4v) is 1.89. The zero-order valence-corrected chi connectivity index (χ0v) is 11.5. The Labute approximate surface area is 128 Å². The van der Waals surface area contributed by atoms with Gasteiger partial charge in [-0.15, -0.1) is 0 Å². The van der Waals surface area contributed by atoms with Crippen LogP contribution >= 0.6 is 0 Å². The minimum Gasteiger partial charge on any atom is -0.334 e. The van der Waals surface area contributed by atoms with Crippen molar-refractivity contribution in [1.82, 2.24) is 5.32 Å². The van der Waals surface area contributed by atoms with E-state index in [1.807, 2.05) is 5.32 Å². The van der Waals surface area contributed by atoms with Crippen molar-refractivity contribution in [3.8, 4) is 0 Å². The zero-order chi connectivity index (χ0) is 17.0. The maximum absolute atomic E-state index is 13.4. The number of amides is 2. The molecule has 0 spiro atoms. The van der Waals surface area contributed by atoms with Crippen LogP contribution in [0.4, 0.5) is 32.4 Å². The van der Waals surface area contributed by atoms with Crippen LogP contribution in [-0.2, 0) is 12.7 Å². The van der Waals surface area contributed by atoms with Gasteiger partial charge >= 0.3 is 12.2 Å². The molecule has 0 aliphatic heterocycles. The summed E-state index contributed by atoms with van der Waals surface area (Å²) >= 11 is 0. The number of alkyl halides is 3. The topological polar surface area (TPSA) is 41.1 Å². The van der Waals surface area contributed by atoms with E-state index in [0.29, 0.717) is 0 Å². The number of hydrogen-bond acceptors (Lipinski definition) is 1. The third-order valence-corrected chi connectivity index (χ3v) is 2.94. The van der Waals surface area contributed by atoms with Crippen LogP contribution in [0.1, 0.15) is 11.1 Å². The molecule has 0 heterocycles. The standard InChI is InChI=1S/C15H11F5N2O/c16-10-5-6-12(17)13(7-10)22-14(23)21-8-9-3-1-2-4-11(9)15(18,19)20/h1-7H,8H2,(H2,21,22,23). The Morgan fingerprint density at radius 3 is 2.43 bits per heavy atom. The molecule has 0 saturated carbocycles. The Balaban J connectivity index is 2.04. The molecule has 0 aliphatic rings. The number of carbonyl (C=O) groups is 1. The van der Waals surface area contributed by atoms with Gasteiger partial charge in [0, 0.05) is 12.6 Å². The van der Waals surface area contributed by atoms with Crippen molar-refractivity contribution in [3.05, 3.63) is 65.2 Å². The van der Waals surface area contributed by atoms with Crippen LogP contribution in [0, 0.1) is 11.6 Å². The lowest BCUT2D eigenvalue weighted by molar-refractivity contribution is -0.138. The number of anilines is 1. The summed E-state index contributed by atoms with van der Waals surface area (Å²) in [6.07, 6.45) is -4.55. The Bertz CT molecular complexity index is 715. The van der Waals surface area contributed by atoms with Crippen LogP contribution in [0.25, 0.3) is 0 Å². The van der Waals surface area contributed by atoms with Crippen LogP contribution in [0.3, 0.4) is 0 Å². The van der Waals surface area contributed by atoms with Gasteiger partial charge in [-0.05, 0) is 23.8 Å². The maximum Gasteiger partial charge on any atom is 0.416 e. The first-order chi connectivity index (χ1) is 10.8. The van der Waals surface area contributed by atoms with E-state index in [4.69, 9.17) is 0 Å². The van der Waals surface area contributed by atoms with Crippen molar-refractivity contribution in [2.24, 2.45) is 0 Å². The molecule has 2 amide bonds. The minimum atomic E-state index is -4.55. The highest BCUT2D eigenvalue weighted by atomic mass is 19.4. The molecule has 2 aromatic rings. The summed E-state index contributed by atoms with van der Waals surface area (Å²) in [5.74, 6) is -1.62. The van der Waals surface area contributed by atoms with Gasteiger partial charge in [-0.3, -0.25) is 0 Å². The van der Waals surface area contributed by atoms with Crippen LogP contribution in [-0.4, -0.2) is 6.03 Å². The predicted molar refractivity (Wildman–Crippen MR) is 73.7 cm³/mol. The number of benzene rings is 2. The van der Waals surface area contributed by atoms with Gasteiger partial charge in [-0.1, -0.05) is 18.2 Å². The van der Waals surface area contributed by atoms with Gasteiger partial charge in [0.2, 0.25) is 0 Å². The first-order valence-electron chi connectivity index (χ1n) is 6.42. The normalized spacial score (nSPS) is 11.2. The number of halogens is 5. The van der Waals surface area contributed by atoms with Crippen LogP contribution in [0.5, 0.6) is 0 Å². The number of nitrogens with one attached hydrogen (secondary N) is 2. The average Bonchev–Trinajstić information content (AvgIpc) is 2.48. The number of carbonyl (C=O) groups excluding carboxylic acids is 1. The molecule has 0 radical (unpaired) electrons. The lowest BCUT2D eigenvalue weighted by Crippen LogP contribution is -2.29. The van der Waals surface area contributed by atoms with Crippen molar-refractivity contribution in [2.45, 2.75) is 12.7 Å². The summed E-state index contributed by atoms with van der Waals surface area (Å²) in [6.45, 7) is -0.418. The highest BCUT2D eigenvalue weighted by Crippen LogP contribution is 2.31. The van der Waals surface area contributed by atoms with Gasteiger partial charge in [-0.2, -0.15) is 13.2 Å². The van der Waals surface area contributed by atoms with Crippen molar-refractivity contribution in [1.29, 1.82) is 0 Å². The largest absolute Gasteiger partial charge is 0.416 e. The Kier molecular flexibility index (Phi) is 4.83. The molecule has 0 aliphatic carbocycles. The predicted octanol–water partition coefficient (Wildman–Crippen LogP) is 4.31. The first-order valence-corrected chi connectivity index (χ1v) is 6.42. The van der Waals surface area contributed by atoms with Gasteiger partial charge < -0.3 is 10.6 Å². The number of rotatable bonds is 3. The lowest BCUT2D eigenvalue weighted by Gasteiger charge is -2.13. The second-order valence-electron chi connectivity index (χ2n) is 4.59. The Morgan fingerprint density at radius 1 is 1.04 bits per heavy atom. The van der Waals surface area contributed by atoms with E-state index in [9.17, 15) is 26.7 Å². The van der Waals surface area contributed by atoms with Gasteiger partial charge in [0.25, 0.3) is 0 Å². The smallest absolute Gasteiger partial charge is 0.334 e. The molecular weight excluding hydrogens is 319 g/mol. The summed E-state index contributed by atoms with van der Waals surface area (Å²) in [6, 6.07) is 6.24. The third kappa shape index (κ3) is 4.41. The molecule has 0 aromatic heterocycles. The molecule has 0 saturated heterocycles. The second-order valence-corrected chi connectivity index (χ2v) is 4.59. The molecule has 2 rings (SSSR count). The summed E-state index contributed by atoms with van der Waals surface area (Å²) in [4.78, 5) is 11.6. The number of urea groups is 1. The van der Waals surface area contributed by atoms with Gasteiger partial charge in [0.15, 0.2) is 0 Å². The molecule has 8 heteroatoms. The van der Waals surface area contributed by atoms with E-state index in [1.54, 1.807) is 0 Å². The molecule has 0 unspecified atom stereocenters. The SMILES string of the molecule is O=C(NCc1ccccc1C(F)(F)F)Nc1cc(F)ccc1F. The molecule has 3 nitrogen and oxygen atoms in total. The molecule has 0 fully saturated rings. The number of hydrogen-bond donors (Lipinski definition) is 2.